The van der Waals surface area contributed by atoms with Crippen LogP contribution in [0.5, 0.6) is 5.75 Å². The van der Waals surface area contributed by atoms with Crippen molar-refractivity contribution in [3.63, 3.8) is 0 Å². The van der Waals surface area contributed by atoms with Crippen molar-refractivity contribution in [1.29, 1.82) is 0 Å². The normalized spacial score (nSPS) is 22.1. The topological polar surface area (TPSA) is 100 Å². The molecule has 9 nitrogen and oxygen atoms in total. The molecule has 2 heterocycles. The number of ether oxygens (including phenoxy) is 2. The second-order valence-corrected chi connectivity index (χ2v) is 10.2. The van der Waals surface area contributed by atoms with Crippen LogP contribution in [-0.4, -0.2) is 69.1 Å². The van der Waals surface area contributed by atoms with E-state index in [0.717, 1.165) is 22.5 Å². The molecule has 9 heteroatoms. The number of carbonyl (C=O) groups is 3. The minimum atomic E-state index is -1.02. The van der Waals surface area contributed by atoms with Crippen LogP contribution in [0.3, 0.4) is 0 Å². The minimum Gasteiger partial charge on any atom is -0.485 e. The first-order valence-corrected chi connectivity index (χ1v) is 13.2. The van der Waals surface area contributed by atoms with Gasteiger partial charge < -0.3 is 29.9 Å². The molecule has 39 heavy (non-hydrogen) atoms. The molecule has 5 rings (SSSR count). The first-order chi connectivity index (χ1) is 18.7. The summed E-state index contributed by atoms with van der Waals surface area (Å²) in [5, 5.41) is 5.65. The lowest BCUT2D eigenvalue weighted by atomic mass is 9.70. The number of carbonyl (C=O) groups excluding carboxylic acids is 3. The van der Waals surface area contributed by atoms with Crippen LogP contribution in [0.25, 0.3) is 0 Å². The highest BCUT2D eigenvalue weighted by Gasteiger charge is 2.58. The maximum absolute atomic E-state index is 13.1. The predicted molar refractivity (Wildman–Crippen MR) is 147 cm³/mol. The average molecular weight is 531 g/mol. The molecule has 0 saturated heterocycles. The van der Waals surface area contributed by atoms with Gasteiger partial charge >= 0.3 is 5.97 Å². The molecule has 0 aromatic heterocycles. The highest BCUT2D eigenvalue weighted by Crippen LogP contribution is 2.56. The monoisotopic (exact) mass is 530 g/mol. The van der Waals surface area contributed by atoms with Gasteiger partial charge in [-0.15, -0.1) is 0 Å². The molecule has 1 aliphatic carbocycles. The Labute approximate surface area is 228 Å². The maximum atomic E-state index is 13.1. The predicted octanol–water partition coefficient (Wildman–Crippen LogP) is 2.57. The largest absolute Gasteiger partial charge is 0.485 e. The van der Waals surface area contributed by atoms with E-state index >= 15 is 0 Å². The van der Waals surface area contributed by atoms with E-state index in [1.54, 1.807) is 0 Å². The van der Waals surface area contributed by atoms with Gasteiger partial charge in [-0.2, -0.15) is 0 Å². The quantitative estimate of drug-likeness (QED) is 0.506. The van der Waals surface area contributed by atoms with Crippen molar-refractivity contribution in [2.75, 3.05) is 45.2 Å². The van der Waals surface area contributed by atoms with Gasteiger partial charge in [-0.3, -0.25) is 9.59 Å². The fourth-order valence-corrected chi connectivity index (χ4v) is 5.59. The van der Waals surface area contributed by atoms with Gasteiger partial charge in [0, 0.05) is 82.7 Å². The molecule has 204 valence electrons. The van der Waals surface area contributed by atoms with Gasteiger partial charge in [-0.05, 0) is 30.4 Å². The lowest BCUT2D eigenvalue weighted by molar-refractivity contribution is -0.119. The molecule has 0 saturated carbocycles. The fourth-order valence-electron chi connectivity index (χ4n) is 5.59. The van der Waals surface area contributed by atoms with E-state index < -0.39 is 5.60 Å². The number of anilines is 1. The highest BCUT2D eigenvalue weighted by molar-refractivity contribution is 5.96. The summed E-state index contributed by atoms with van der Waals surface area (Å²) in [7, 11) is 3.93. The number of amides is 2. The Bertz CT molecular complexity index is 1370. The minimum absolute atomic E-state index is 0.0645. The van der Waals surface area contributed by atoms with E-state index in [9.17, 15) is 14.4 Å². The highest BCUT2D eigenvalue weighted by atomic mass is 16.6. The summed E-state index contributed by atoms with van der Waals surface area (Å²) >= 11 is 0. The molecule has 2 N–H and O–H groups in total. The molecule has 0 radical (unpaired) electrons. The molecule has 2 aromatic rings. The van der Waals surface area contributed by atoms with Crippen LogP contribution < -0.4 is 20.3 Å². The van der Waals surface area contributed by atoms with Crippen molar-refractivity contribution in [3.05, 3.63) is 83.1 Å². The Balaban J connectivity index is 1.52. The smallest absolute Gasteiger partial charge is 0.339 e. The van der Waals surface area contributed by atoms with Crippen molar-refractivity contribution in [3.8, 4) is 5.75 Å². The van der Waals surface area contributed by atoms with Crippen molar-refractivity contribution < 1.29 is 23.9 Å². The van der Waals surface area contributed by atoms with Crippen LogP contribution >= 0.6 is 0 Å². The summed E-state index contributed by atoms with van der Waals surface area (Å²) in [6, 6.07) is 13.5. The number of esters is 1. The summed E-state index contributed by atoms with van der Waals surface area (Å²) in [5.74, 6) is -0.0959. The molecule has 0 bridgehead atoms. The molecule has 3 aliphatic rings. The first-order valence-electron chi connectivity index (χ1n) is 13.2. The molecule has 0 unspecified atom stereocenters. The Morgan fingerprint density at radius 2 is 1.64 bits per heavy atom. The van der Waals surface area contributed by atoms with Gasteiger partial charge in [0.2, 0.25) is 11.8 Å². The number of nitrogens with zero attached hydrogens (tertiary/aromatic N) is 2. The zero-order valence-electron chi connectivity index (χ0n) is 22.7. The molecule has 2 aromatic carbocycles. The summed E-state index contributed by atoms with van der Waals surface area (Å²) in [6.07, 6.45) is 5.77. The molecular formula is C30H34N4O5. The van der Waals surface area contributed by atoms with Gasteiger partial charge in [0.05, 0.1) is 11.5 Å². The second kappa shape index (κ2) is 10.5. The SMILES string of the molecule is CC(=O)NCCN(C)C1=C[C@@H]2Oc3cc(N(C)CCNC(C)=O)ccc3[C@@]3(OC(=O)c4ccccc43)[C@H]2C=C1. The molecular weight excluding hydrogens is 496 g/mol. The van der Waals surface area contributed by atoms with Crippen molar-refractivity contribution in [2.24, 2.45) is 5.92 Å². The molecule has 2 aliphatic heterocycles. The van der Waals surface area contributed by atoms with Crippen LogP contribution in [0.1, 0.15) is 35.3 Å². The van der Waals surface area contributed by atoms with E-state index in [1.165, 1.54) is 13.8 Å². The van der Waals surface area contributed by atoms with Gasteiger partial charge in [0.1, 0.15) is 11.9 Å². The van der Waals surface area contributed by atoms with Crippen molar-refractivity contribution in [2.45, 2.75) is 25.6 Å². The van der Waals surface area contributed by atoms with Gasteiger partial charge in [0.25, 0.3) is 0 Å². The molecule has 1 spiro atoms. The first kappa shape index (κ1) is 26.3. The Hall–Kier alpha value is -4.27. The number of fused-ring (bicyclic) bond motifs is 6. The summed E-state index contributed by atoms with van der Waals surface area (Å²) in [5.41, 5.74) is 3.07. The third-order valence-electron chi connectivity index (χ3n) is 7.59. The van der Waals surface area contributed by atoms with Gasteiger partial charge in [-0.25, -0.2) is 4.79 Å². The van der Waals surface area contributed by atoms with E-state index in [0.29, 0.717) is 37.5 Å². The van der Waals surface area contributed by atoms with E-state index in [4.69, 9.17) is 9.47 Å². The summed E-state index contributed by atoms with van der Waals surface area (Å²) < 4.78 is 12.9. The van der Waals surface area contributed by atoms with Crippen LogP contribution in [0.15, 0.2) is 66.4 Å². The number of rotatable bonds is 8. The van der Waals surface area contributed by atoms with Crippen LogP contribution in [-0.2, 0) is 19.9 Å². The fraction of sp³-hybridized carbons (Fsp3) is 0.367. The van der Waals surface area contributed by atoms with Crippen LogP contribution in [0, 0.1) is 5.92 Å². The average Bonchev–Trinajstić information content (AvgIpc) is 3.20. The van der Waals surface area contributed by atoms with Crippen molar-refractivity contribution in [1.82, 2.24) is 15.5 Å². The Morgan fingerprint density at radius 3 is 2.36 bits per heavy atom. The van der Waals surface area contributed by atoms with E-state index in [2.05, 4.69) is 27.7 Å². The van der Waals surface area contributed by atoms with Gasteiger partial charge in [0.15, 0.2) is 5.60 Å². The van der Waals surface area contributed by atoms with Gasteiger partial charge in [-0.1, -0.05) is 24.3 Å². The number of likely N-dealkylation sites (N-methyl/N-ethyl adjacent to an activating group) is 2. The lowest BCUT2D eigenvalue weighted by Crippen LogP contribution is -2.49. The van der Waals surface area contributed by atoms with Crippen LogP contribution in [0.2, 0.25) is 0 Å². The molecule has 2 amide bonds. The molecule has 0 fully saturated rings. The zero-order chi connectivity index (χ0) is 27.7. The Kier molecular flexibility index (Phi) is 7.08. The molecule has 3 atom stereocenters. The third kappa shape index (κ3) is 4.84. The van der Waals surface area contributed by atoms with Crippen molar-refractivity contribution >= 4 is 23.5 Å². The van der Waals surface area contributed by atoms with E-state index in [-0.39, 0.29) is 29.8 Å². The Morgan fingerprint density at radius 1 is 0.949 bits per heavy atom. The maximum Gasteiger partial charge on any atom is 0.339 e. The number of hydrogen-bond acceptors (Lipinski definition) is 7. The summed E-state index contributed by atoms with van der Waals surface area (Å²) in [4.78, 5) is 39.8. The number of benzene rings is 2. The zero-order valence-corrected chi connectivity index (χ0v) is 22.7. The standard InChI is InChI=1S/C30H34N4O5/c1-19(35)31-13-15-33(3)21-9-11-25-27(17-21)38-28-18-22(34(4)16-14-32-20(2)36)10-12-26(28)30(25)24-8-6-5-7-23(24)29(37)39-30/h5-12,17-18,25,27H,13-16H2,1-4H3,(H,31,35)(H,32,36)/t25-,27-,30-/m0/s1. The van der Waals surface area contributed by atoms with E-state index in [1.807, 2.05) is 67.5 Å². The summed E-state index contributed by atoms with van der Waals surface area (Å²) in [6.45, 7) is 5.31. The van der Waals surface area contributed by atoms with Crippen LogP contribution in [0.4, 0.5) is 5.69 Å². The third-order valence-corrected chi connectivity index (χ3v) is 7.59. The number of nitrogens with one attached hydrogen (secondary N) is 2. The lowest BCUT2D eigenvalue weighted by Gasteiger charge is -2.45. The number of allylic oxidation sites excluding steroid dienone is 1. The second-order valence-electron chi connectivity index (χ2n) is 10.2. The number of hydrogen-bond donors (Lipinski definition) is 2.